The first-order valence-corrected chi connectivity index (χ1v) is 22.8. The minimum absolute atomic E-state index is 0.0135. The molecule has 1 aliphatic heterocycles. The predicted molar refractivity (Wildman–Crippen MR) is 220 cm³/mol. The zero-order valence-electron chi connectivity index (χ0n) is 33.2. The van der Waals surface area contributed by atoms with E-state index in [1.807, 2.05) is 42.5 Å². The van der Waals surface area contributed by atoms with Crippen LogP contribution in [0.4, 0.5) is 0 Å². The topological polar surface area (TPSA) is 93.6 Å². The maximum atomic E-state index is 6.75. The number of likely N-dealkylation sites (N-methyl/N-ethyl adjacent to an activating group) is 1. The summed E-state index contributed by atoms with van der Waals surface area (Å²) >= 11 is 2.39. The summed E-state index contributed by atoms with van der Waals surface area (Å²) in [6.07, 6.45) is 6.77. The third kappa shape index (κ3) is 9.14. The lowest BCUT2D eigenvalue weighted by Crippen LogP contribution is -2.44. The van der Waals surface area contributed by atoms with Gasteiger partial charge in [0, 0.05) is 32.1 Å². The summed E-state index contributed by atoms with van der Waals surface area (Å²) in [5.74, 6) is 1.41. The van der Waals surface area contributed by atoms with Gasteiger partial charge in [0.15, 0.2) is 14.5 Å². The molecule has 0 aliphatic carbocycles. The molecule has 4 aromatic rings. The molecule has 0 saturated carbocycles. The number of aromatic nitrogens is 6. The Morgan fingerprint density at radius 2 is 1.87 bits per heavy atom. The molecule has 1 aromatic carbocycles. The third-order valence-electron chi connectivity index (χ3n) is 10.2. The Bertz CT molecular complexity index is 1820. The minimum atomic E-state index is -1.95. The van der Waals surface area contributed by atoms with Gasteiger partial charge in [-0.25, -0.2) is 9.36 Å². The highest BCUT2D eigenvalue weighted by molar-refractivity contribution is 14.1. The predicted octanol–water partition coefficient (Wildman–Crippen LogP) is 9.07. The number of rotatable bonds is 16. The Morgan fingerprint density at radius 1 is 1.12 bits per heavy atom. The third-order valence-corrected chi connectivity index (χ3v) is 15.9. The van der Waals surface area contributed by atoms with Crippen LogP contribution in [-0.4, -0.2) is 80.6 Å². The summed E-state index contributed by atoms with van der Waals surface area (Å²) in [5, 5.41) is 15.6. The van der Waals surface area contributed by atoms with Gasteiger partial charge in [-0.3, -0.25) is 9.58 Å². The van der Waals surface area contributed by atoms with Crippen molar-refractivity contribution in [2.45, 2.75) is 130 Å². The first-order valence-electron chi connectivity index (χ1n) is 18.8. The van der Waals surface area contributed by atoms with E-state index in [0.717, 1.165) is 75.3 Å². The Labute approximate surface area is 325 Å². The van der Waals surface area contributed by atoms with Crippen LogP contribution in [0.25, 0.3) is 28.1 Å². The van der Waals surface area contributed by atoms with Gasteiger partial charge in [-0.1, -0.05) is 40.3 Å². The molecular weight excluding hydrogens is 785 g/mol. The molecule has 52 heavy (non-hydrogen) atoms. The van der Waals surface area contributed by atoms with Crippen LogP contribution < -0.4 is 9.47 Å². The molecule has 13 heteroatoms. The number of benzene rings is 1. The van der Waals surface area contributed by atoms with Crippen molar-refractivity contribution in [3.05, 3.63) is 45.9 Å². The Kier molecular flexibility index (Phi) is 13.0. The van der Waals surface area contributed by atoms with E-state index in [4.69, 9.17) is 28.8 Å². The van der Waals surface area contributed by atoms with Gasteiger partial charge in [-0.05, 0) is 118 Å². The van der Waals surface area contributed by atoms with Gasteiger partial charge >= 0.3 is 0 Å². The van der Waals surface area contributed by atoms with Crippen molar-refractivity contribution in [1.29, 1.82) is 0 Å². The van der Waals surface area contributed by atoms with Gasteiger partial charge in [-0.2, -0.15) is 10.2 Å². The monoisotopic (exact) mass is 845 g/mol. The standard InChI is InChI=1S/C39H60IN7O4Si/c1-13-32-30-21-29(18-19-33(30)47(42-32)35-17-15-16-20-48-35)31-22-41-44(10)38(31)50-27(5)23-45(14-2)25-34-36(40)37(49-26(3)4)43-46(34)24-28(6)51-52(11,12)39(7,8)9/h13,18-19,21-22,26-28,35H,1,14-17,20,23-25H2,2-12H3. The van der Waals surface area contributed by atoms with Crippen molar-refractivity contribution < 1.29 is 18.6 Å². The minimum Gasteiger partial charge on any atom is -0.473 e. The fourth-order valence-electron chi connectivity index (χ4n) is 6.50. The molecule has 0 amide bonds. The van der Waals surface area contributed by atoms with Crippen LogP contribution in [0.5, 0.6) is 11.8 Å². The van der Waals surface area contributed by atoms with Gasteiger partial charge in [0.25, 0.3) is 0 Å². The van der Waals surface area contributed by atoms with E-state index in [1.54, 1.807) is 0 Å². The van der Waals surface area contributed by atoms with Crippen LogP contribution in [0, 0.1) is 3.57 Å². The van der Waals surface area contributed by atoms with Crippen LogP contribution >= 0.6 is 22.6 Å². The second-order valence-electron chi connectivity index (χ2n) is 15.9. The molecule has 286 valence electrons. The second-order valence-corrected chi connectivity index (χ2v) is 21.8. The molecule has 0 spiro atoms. The van der Waals surface area contributed by atoms with E-state index in [0.29, 0.717) is 25.5 Å². The molecule has 5 rings (SSSR count). The number of hydrogen-bond donors (Lipinski definition) is 0. The largest absolute Gasteiger partial charge is 0.473 e. The molecule has 0 N–H and O–H groups in total. The molecule has 11 nitrogen and oxygen atoms in total. The molecule has 3 unspecified atom stereocenters. The second kappa shape index (κ2) is 16.7. The van der Waals surface area contributed by atoms with Crippen LogP contribution in [0.1, 0.15) is 92.3 Å². The summed E-state index contributed by atoms with van der Waals surface area (Å²) in [6, 6.07) is 6.42. The summed E-state index contributed by atoms with van der Waals surface area (Å²) in [5.41, 5.74) is 4.98. The SMILES string of the molecule is C=Cc1nn(C2CCCCO2)c2ccc(-c3cnn(C)c3OC(C)CN(CC)Cc3c(I)c(OC(C)C)nn3CC(C)O[Si](C)(C)C(C)(C)C)cc12. The number of hydrogen-bond acceptors (Lipinski definition) is 8. The average molecular weight is 846 g/mol. The lowest BCUT2D eigenvalue weighted by atomic mass is 10.1. The van der Waals surface area contributed by atoms with Gasteiger partial charge in [0.2, 0.25) is 11.8 Å². The molecular formula is C39H60IN7O4Si. The maximum Gasteiger partial charge on any atom is 0.246 e. The van der Waals surface area contributed by atoms with Gasteiger partial charge in [-0.15, -0.1) is 5.10 Å². The average Bonchev–Trinajstić information content (AvgIpc) is 3.72. The van der Waals surface area contributed by atoms with E-state index in [2.05, 4.69) is 117 Å². The molecule has 0 radical (unpaired) electrons. The first-order chi connectivity index (χ1) is 24.5. The molecule has 3 aromatic heterocycles. The lowest BCUT2D eigenvalue weighted by Gasteiger charge is -2.38. The fraction of sp³-hybridized carbons (Fsp3) is 0.615. The van der Waals surface area contributed by atoms with E-state index in [-0.39, 0.29) is 29.6 Å². The molecule has 1 fully saturated rings. The molecule has 4 heterocycles. The zero-order chi connectivity index (χ0) is 38.0. The highest BCUT2D eigenvalue weighted by Crippen LogP contribution is 2.38. The summed E-state index contributed by atoms with van der Waals surface area (Å²) in [7, 11) is -0.0151. The molecule has 1 aliphatic rings. The normalized spacial score (nSPS) is 16.9. The molecule has 3 atom stereocenters. The fourth-order valence-corrected chi connectivity index (χ4v) is 8.62. The van der Waals surface area contributed by atoms with Crippen molar-refractivity contribution in [2.24, 2.45) is 7.05 Å². The van der Waals surface area contributed by atoms with Crippen LogP contribution in [-0.2, 0) is 29.3 Å². The highest BCUT2D eigenvalue weighted by atomic mass is 127. The van der Waals surface area contributed by atoms with Gasteiger partial charge < -0.3 is 18.6 Å². The van der Waals surface area contributed by atoms with E-state index < -0.39 is 8.32 Å². The van der Waals surface area contributed by atoms with Crippen molar-refractivity contribution in [3.8, 4) is 22.9 Å². The van der Waals surface area contributed by atoms with Crippen molar-refractivity contribution in [1.82, 2.24) is 34.2 Å². The molecule has 0 bridgehead atoms. The number of nitrogens with zero attached hydrogens (tertiary/aromatic N) is 7. The highest BCUT2D eigenvalue weighted by Gasteiger charge is 2.38. The van der Waals surface area contributed by atoms with Crippen molar-refractivity contribution >= 4 is 47.9 Å². The van der Waals surface area contributed by atoms with Crippen molar-refractivity contribution in [2.75, 3.05) is 19.7 Å². The smallest absolute Gasteiger partial charge is 0.246 e. The number of halogens is 1. The Hall–Kier alpha value is -2.72. The maximum absolute atomic E-state index is 6.75. The Morgan fingerprint density at radius 3 is 2.50 bits per heavy atom. The van der Waals surface area contributed by atoms with E-state index in [1.165, 1.54) is 0 Å². The van der Waals surface area contributed by atoms with Crippen LogP contribution in [0.2, 0.25) is 18.1 Å². The summed E-state index contributed by atoms with van der Waals surface area (Å²) in [6.45, 7) is 29.7. The number of ether oxygens (including phenoxy) is 3. The molecule has 1 saturated heterocycles. The van der Waals surface area contributed by atoms with Gasteiger partial charge in [0.1, 0.15) is 6.10 Å². The summed E-state index contributed by atoms with van der Waals surface area (Å²) in [4.78, 5) is 2.40. The van der Waals surface area contributed by atoms with E-state index in [9.17, 15) is 0 Å². The zero-order valence-corrected chi connectivity index (χ0v) is 36.4. The van der Waals surface area contributed by atoms with Crippen LogP contribution in [0.3, 0.4) is 0 Å². The van der Waals surface area contributed by atoms with Crippen molar-refractivity contribution in [3.63, 3.8) is 0 Å². The number of fused-ring (bicyclic) bond motifs is 1. The lowest BCUT2D eigenvalue weighted by molar-refractivity contribution is -0.0367. The van der Waals surface area contributed by atoms with Crippen LogP contribution in [0.15, 0.2) is 31.0 Å². The van der Waals surface area contributed by atoms with E-state index >= 15 is 0 Å². The first kappa shape index (κ1) is 40.5. The number of aryl methyl sites for hydroxylation is 1. The van der Waals surface area contributed by atoms with Gasteiger partial charge in [0.05, 0.1) is 51.0 Å². The Balaban J connectivity index is 1.34. The summed E-state index contributed by atoms with van der Waals surface area (Å²) < 4.78 is 32.7. The quantitative estimate of drug-likeness (QED) is 0.0816.